The molecule has 2 unspecified atom stereocenters. The highest BCUT2D eigenvalue weighted by atomic mass is 35.5. The van der Waals surface area contributed by atoms with Crippen LogP contribution < -0.4 is 11.1 Å². The summed E-state index contributed by atoms with van der Waals surface area (Å²) in [6, 6.07) is 3.08. The van der Waals surface area contributed by atoms with Crippen molar-refractivity contribution >= 4 is 46.4 Å². The number of hydrogen-bond acceptors (Lipinski definition) is 2. The molecule has 1 aromatic rings. The number of anilines is 1. The normalized spacial score (nSPS) is 26.4. The molecule has 1 aromatic carbocycles. The van der Waals surface area contributed by atoms with E-state index in [9.17, 15) is 4.79 Å². The van der Waals surface area contributed by atoms with Gasteiger partial charge in [0, 0.05) is 5.02 Å². The average Bonchev–Trinajstić information content (AvgIpc) is 2.33. The van der Waals surface area contributed by atoms with Gasteiger partial charge in [-0.05, 0) is 30.9 Å². The summed E-state index contributed by atoms with van der Waals surface area (Å²) in [5, 5.41) is 3.79. The SMILES string of the molecule is CC1CCCC(N)(C(=O)Nc2c(Cl)cc(Cl)cc2Cl)C1. The lowest BCUT2D eigenvalue weighted by atomic mass is 9.76. The smallest absolute Gasteiger partial charge is 0.244 e. The molecule has 0 aliphatic heterocycles. The first-order chi connectivity index (χ1) is 9.32. The molecule has 0 heterocycles. The van der Waals surface area contributed by atoms with Gasteiger partial charge in [0.2, 0.25) is 5.91 Å². The van der Waals surface area contributed by atoms with Crippen molar-refractivity contribution in [3.05, 3.63) is 27.2 Å². The number of carbonyl (C=O) groups excluding carboxylic acids is 1. The third kappa shape index (κ3) is 3.40. The van der Waals surface area contributed by atoms with E-state index in [-0.39, 0.29) is 5.91 Å². The van der Waals surface area contributed by atoms with E-state index in [2.05, 4.69) is 12.2 Å². The highest BCUT2D eigenvalue weighted by Crippen LogP contribution is 2.36. The minimum absolute atomic E-state index is 0.241. The molecule has 1 amide bonds. The Kier molecular flexibility index (Phi) is 4.85. The van der Waals surface area contributed by atoms with Crippen LogP contribution in [0.25, 0.3) is 0 Å². The molecule has 0 radical (unpaired) electrons. The molecular formula is C14H17Cl3N2O. The molecule has 0 saturated heterocycles. The van der Waals surface area contributed by atoms with Crippen LogP contribution in [-0.4, -0.2) is 11.4 Å². The summed E-state index contributed by atoms with van der Waals surface area (Å²) in [6.45, 7) is 2.11. The van der Waals surface area contributed by atoms with E-state index in [1.54, 1.807) is 0 Å². The van der Waals surface area contributed by atoms with E-state index in [1.807, 2.05) is 0 Å². The lowest BCUT2D eigenvalue weighted by molar-refractivity contribution is -0.122. The summed E-state index contributed by atoms with van der Waals surface area (Å²) in [5.41, 5.74) is 5.76. The number of carbonyl (C=O) groups is 1. The second kappa shape index (κ2) is 6.10. The van der Waals surface area contributed by atoms with Crippen LogP contribution in [0.5, 0.6) is 0 Å². The van der Waals surface area contributed by atoms with Crippen molar-refractivity contribution in [2.75, 3.05) is 5.32 Å². The molecule has 6 heteroatoms. The van der Waals surface area contributed by atoms with Crippen LogP contribution >= 0.6 is 34.8 Å². The summed E-state index contributed by atoms with van der Waals surface area (Å²) >= 11 is 18.0. The van der Waals surface area contributed by atoms with Crippen molar-refractivity contribution < 1.29 is 4.79 Å². The lowest BCUT2D eigenvalue weighted by Crippen LogP contribution is -2.53. The van der Waals surface area contributed by atoms with Crippen molar-refractivity contribution in [1.29, 1.82) is 0 Å². The molecule has 0 aromatic heterocycles. The van der Waals surface area contributed by atoms with Crippen molar-refractivity contribution in [2.45, 2.75) is 38.1 Å². The van der Waals surface area contributed by atoms with Crippen molar-refractivity contribution in [3.8, 4) is 0 Å². The molecule has 3 N–H and O–H groups in total. The van der Waals surface area contributed by atoms with Crippen LogP contribution in [0.2, 0.25) is 15.1 Å². The zero-order valence-corrected chi connectivity index (χ0v) is 13.4. The predicted molar refractivity (Wildman–Crippen MR) is 84.7 cm³/mol. The molecule has 0 spiro atoms. The number of nitrogens with two attached hydrogens (primary N) is 1. The van der Waals surface area contributed by atoms with Crippen molar-refractivity contribution in [3.63, 3.8) is 0 Å². The summed E-state index contributed by atoms with van der Waals surface area (Å²) in [4.78, 5) is 12.4. The number of halogens is 3. The van der Waals surface area contributed by atoms with E-state index in [0.29, 0.717) is 39.5 Å². The topological polar surface area (TPSA) is 55.1 Å². The fourth-order valence-electron chi connectivity index (χ4n) is 2.70. The molecule has 1 aliphatic carbocycles. The number of hydrogen-bond donors (Lipinski definition) is 2. The molecule has 0 bridgehead atoms. The molecule has 1 saturated carbocycles. The third-order valence-electron chi connectivity index (χ3n) is 3.73. The minimum atomic E-state index is -0.857. The predicted octanol–water partition coefficient (Wildman–Crippen LogP) is 4.49. The van der Waals surface area contributed by atoms with Gasteiger partial charge in [0.25, 0.3) is 0 Å². The van der Waals surface area contributed by atoms with E-state index in [1.165, 1.54) is 12.1 Å². The number of benzene rings is 1. The Balaban J connectivity index is 2.20. The van der Waals surface area contributed by atoms with Crippen LogP contribution in [0.4, 0.5) is 5.69 Å². The van der Waals surface area contributed by atoms with Gasteiger partial charge in [-0.15, -0.1) is 0 Å². The van der Waals surface area contributed by atoms with Crippen LogP contribution in [0.15, 0.2) is 12.1 Å². The maximum Gasteiger partial charge on any atom is 0.244 e. The van der Waals surface area contributed by atoms with Crippen LogP contribution in [0.1, 0.15) is 32.6 Å². The highest BCUT2D eigenvalue weighted by molar-refractivity contribution is 6.42. The molecule has 1 fully saturated rings. The maximum atomic E-state index is 12.4. The van der Waals surface area contributed by atoms with Gasteiger partial charge in [0.15, 0.2) is 0 Å². The van der Waals surface area contributed by atoms with Gasteiger partial charge in [0.05, 0.1) is 21.3 Å². The Bertz CT molecular complexity index is 512. The van der Waals surface area contributed by atoms with Crippen molar-refractivity contribution in [2.24, 2.45) is 11.7 Å². The summed E-state index contributed by atoms with van der Waals surface area (Å²) in [5.74, 6) is 0.200. The number of nitrogens with one attached hydrogen (secondary N) is 1. The van der Waals surface area contributed by atoms with Gasteiger partial charge in [0.1, 0.15) is 0 Å². The van der Waals surface area contributed by atoms with Gasteiger partial charge in [-0.25, -0.2) is 0 Å². The number of amides is 1. The van der Waals surface area contributed by atoms with Gasteiger partial charge in [-0.2, -0.15) is 0 Å². The quantitative estimate of drug-likeness (QED) is 0.836. The first-order valence-electron chi connectivity index (χ1n) is 6.57. The molecule has 2 rings (SSSR count). The second-order valence-electron chi connectivity index (χ2n) is 5.56. The fourth-order valence-corrected chi connectivity index (χ4v) is 3.61. The first-order valence-corrected chi connectivity index (χ1v) is 7.70. The molecule has 2 atom stereocenters. The van der Waals surface area contributed by atoms with E-state index in [0.717, 1.165) is 12.8 Å². The summed E-state index contributed by atoms with van der Waals surface area (Å²) in [7, 11) is 0. The largest absolute Gasteiger partial charge is 0.322 e. The molecule has 20 heavy (non-hydrogen) atoms. The fraction of sp³-hybridized carbons (Fsp3) is 0.500. The Labute approximate surface area is 133 Å². The van der Waals surface area contributed by atoms with Gasteiger partial charge < -0.3 is 11.1 Å². The van der Waals surface area contributed by atoms with E-state index < -0.39 is 5.54 Å². The zero-order valence-electron chi connectivity index (χ0n) is 11.2. The zero-order chi connectivity index (χ0) is 14.9. The molecular weight excluding hydrogens is 319 g/mol. The van der Waals surface area contributed by atoms with Crippen molar-refractivity contribution in [1.82, 2.24) is 0 Å². The number of rotatable bonds is 2. The van der Waals surface area contributed by atoms with Crippen LogP contribution in [-0.2, 0) is 4.79 Å². The Morgan fingerprint density at radius 2 is 1.95 bits per heavy atom. The van der Waals surface area contributed by atoms with Crippen LogP contribution in [0, 0.1) is 5.92 Å². The minimum Gasteiger partial charge on any atom is -0.322 e. The standard InChI is InChI=1S/C14H17Cl3N2O/c1-8-3-2-4-14(18,7-8)13(20)19-12-10(16)5-9(15)6-11(12)17/h5-6,8H,2-4,7,18H2,1H3,(H,19,20). The monoisotopic (exact) mass is 334 g/mol. The summed E-state index contributed by atoms with van der Waals surface area (Å²) < 4.78 is 0. The van der Waals surface area contributed by atoms with Gasteiger partial charge in [-0.3, -0.25) is 4.79 Å². The third-order valence-corrected chi connectivity index (χ3v) is 4.54. The Hall–Kier alpha value is -0.480. The lowest BCUT2D eigenvalue weighted by Gasteiger charge is -2.35. The van der Waals surface area contributed by atoms with Gasteiger partial charge in [-0.1, -0.05) is 54.6 Å². The summed E-state index contributed by atoms with van der Waals surface area (Å²) in [6.07, 6.45) is 3.40. The van der Waals surface area contributed by atoms with E-state index >= 15 is 0 Å². The van der Waals surface area contributed by atoms with Crippen LogP contribution in [0.3, 0.4) is 0 Å². The van der Waals surface area contributed by atoms with E-state index in [4.69, 9.17) is 40.5 Å². The molecule has 3 nitrogen and oxygen atoms in total. The first kappa shape index (κ1) is 15.9. The Morgan fingerprint density at radius 1 is 1.35 bits per heavy atom. The average molecular weight is 336 g/mol. The highest BCUT2D eigenvalue weighted by Gasteiger charge is 2.38. The second-order valence-corrected chi connectivity index (χ2v) is 6.81. The molecule has 1 aliphatic rings. The Morgan fingerprint density at radius 3 is 2.50 bits per heavy atom. The van der Waals surface area contributed by atoms with Gasteiger partial charge >= 0.3 is 0 Å². The molecule has 110 valence electrons. The maximum absolute atomic E-state index is 12.4.